The van der Waals surface area contributed by atoms with Crippen LogP contribution < -0.4 is 5.73 Å². The van der Waals surface area contributed by atoms with Crippen molar-refractivity contribution in [3.63, 3.8) is 0 Å². The SMILES string of the molecule is CCc1nc2cc(C(F)(F)F)cc(N)c2n1CC. The predicted molar refractivity (Wildman–Crippen MR) is 64.2 cm³/mol. The summed E-state index contributed by atoms with van der Waals surface area (Å²) in [5.41, 5.74) is 5.99. The van der Waals surface area contributed by atoms with Gasteiger partial charge in [-0.15, -0.1) is 0 Å². The molecular formula is C12H14F3N3. The van der Waals surface area contributed by atoms with Gasteiger partial charge in [0, 0.05) is 13.0 Å². The second-order valence-electron chi connectivity index (χ2n) is 4.06. The molecule has 0 bridgehead atoms. The molecular weight excluding hydrogens is 243 g/mol. The lowest BCUT2D eigenvalue weighted by Gasteiger charge is -2.09. The first-order valence-corrected chi connectivity index (χ1v) is 5.74. The molecule has 0 atom stereocenters. The summed E-state index contributed by atoms with van der Waals surface area (Å²) in [6, 6.07) is 2.02. The number of anilines is 1. The number of nitrogen functional groups attached to an aromatic ring is 1. The van der Waals surface area contributed by atoms with Crippen LogP contribution in [0.5, 0.6) is 0 Å². The third-order valence-electron chi connectivity index (χ3n) is 2.91. The summed E-state index contributed by atoms with van der Waals surface area (Å²) in [4.78, 5) is 4.22. The van der Waals surface area contributed by atoms with E-state index in [1.807, 2.05) is 18.4 Å². The lowest BCUT2D eigenvalue weighted by atomic mass is 10.1. The van der Waals surface area contributed by atoms with E-state index in [9.17, 15) is 13.2 Å². The molecule has 2 rings (SSSR count). The van der Waals surface area contributed by atoms with Crippen LogP contribution in [0.25, 0.3) is 11.0 Å². The Balaban J connectivity index is 2.76. The quantitative estimate of drug-likeness (QED) is 0.839. The Morgan fingerprint density at radius 2 is 1.94 bits per heavy atom. The van der Waals surface area contributed by atoms with Crippen LogP contribution in [-0.4, -0.2) is 9.55 Å². The average Bonchev–Trinajstić information content (AvgIpc) is 2.65. The molecule has 2 N–H and O–H groups in total. The molecule has 1 aromatic carbocycles. The van der Waals surface area contributed by atoms with Crippen molar-refractivity contribution < 1.29 is 13.2 Å². The van der Waals surface area contributed by atoms with E-state index in [1.165, 1.54) is 0 Å². The van der Waals surface area contributed by atoms with E-state index in [0.717, 1.165) is 18.0 Å². The molecule has 0 radical (unpaired) electrons. The summed E-state index contributed by atoms with van der Waals surface area (Å²) >= 11 is 0. The molecule has 3 nitrogen and oxygen atoms in total. The van der Waals surface area contributed by atoms with Crippen LogP contribution in [0.1, 0.15) is 25.2 Å². The smallest absolute Gasteiger partial charge is 0.397 e. The standard InChI is InChI=1S/C12H14F3N3/c1-3-10-17-9-6-7(12(13,14)15)5-8(16)11(9)18(10)4-2/h5-6H,3-4,16H2,1-2H3. The predicted octanol–water partition coefficient (Wildman–Crippen LogP) is 3.22. The minimum atomic E-state index is -4.40. The molecule has 0 aliphatic carbocycles. The molecule has 0 saturated carbocycles. The Morgan fingerprint density at radius 1 is 1.28 bits per heavy atom. The van der Waals surface area contributed by atoms with E-state index in [1.54, 1.807) is 0 Å². The Hall–Kier alpha value is -1.72. The van der Waals surface area contributed by atoms with Crippen LogP contribution in [0.2, 0.25) is 0 Å². The molecule has 0 aliphatic rings. The number of rotatable bonds is 2. The highest BCUT2D eigenvalue weighted by Crippen LogP contribution is 2.34. The highest BCUT2D eigenvalue weighted by atomic mass is 19.4. The largest absolute Gasteiger partial charge is 0.416 e. The molecule has 0 fully saturated rings. The fourth-order valence-corrected chi connectivity index (χ4v) is 2.12. The van der Waals surface area contributed by atoms with Gasteiger partial charge in [-0.05, 0) is 19.1 Å². The number of nitrogens with two attached hydrogens (primary N) is 1. The summed E-state index contributed by atoms with van der Waals surface area (Å²) in [5.74, 6) is 0.749. The number of halogens is 3. The number of aromatic nitrogens is 2. The number of hydrogen-bond donors (Lipinski definition) is 1. The van der Waals surface area contributed by atoms with Crippen LogP contribution in [-0.2, 0) is 19.1 Å². The Morgan fingerprint density at radius 3 is 2.44 bits per heavy atom. The first-order chi connectivity index (χ1) is 8.38. The highest BCUT2D eigenvalue weighted by molar-refractivity contribution is 5.89. The Kier molecular flexibility index (Phi) is 2.96. The van der Waals surface area contributed by atoms with Crippen molar-refractivity contribution in [2.45, 2.75) is 33.0 Å². The van der Waals surface area contributed by atoms with Gasteiger partial charge in [-0.1, -0.05) is 6.92 Å². The summed E-state index contributed by atoms with van der Waals surface area (Å²) in [7, 11) is 0. The van der Waals surface area contributed by atoms with Crippen molar-refractivity contribution in [2.24, 2.45) is 0 Å². The average molecular weight is 257 g/mol. The number of benzene rings is 1. The van der Waals surface area contributed by atoms with E-state index in [4.69, 9.17) is 5.73 Å². The molecule has 0 amide bonds. The second kappa shape index (κ2) is 4.19. The van der Waals surface area contributed by atoms with Crippen molar-refractivity contribution in [1.29, 1.82) is 0 Å². The maximum atomic E-state index is 12.7. The van der Waals surface area contributed by atoms with Crippen LogP contribution >= 0.6 is 0 Å². The molecule has 0 saturated heterocycles. The fraction of sp³-hybridized carbons (Fsp3) is 0.417. The summed E-state index contributed by atoms with van der Waals surface area (Å²) in [6.45, 7) is 4.46. The van der Waals surface area contributed by atoms with Gasteiger partial charge in [0.15, 0.2) is 0 Å². The minimum Gasteiger partial charge on any atom is -0.397 e. The van der Waals surface area contributed by atoms with E-state index >= 15 is 0 Å². The zero-order valence-corrected chi connectivity index (χ0v) is 10.2. The maximum Gasteiger partial charge on any atom is 0.416 e. The van der Waals surface area contributed by atoms with Gasteiger partial charge in [0.2, 0.25) is 0 Å². The van der Waals surface area contributed by atoms with E-state index in [0.29, 0.717) is 24.0 Å². The van der Waals surface area contributed by atoms with Crippen LogP contribution in [0, 0.1) is 0 Å². The van der Waals surface area contributed by atoms with Crippen molar-refractivity contribution >= 4 is 16.7 Å². The highest BCUT2D eigenvalue weighted by Gasteiger charge is 2.32. The van der Waals surface area contributed by atoms with Crippen LogP contribution in [0.3, 0.4) is 0 Å². The molecule has 18 heavy (non-hydrogen) atoms. The number of fused-ring (bicyclic) bond motifs is 1. The monoisotopic (exact) mass is 257 g/mol. The molecule has 0 aliphatic heterocycles. The maximum absolute atomic E-state index is 12.7. The molecule has 98 valence electrons. The molecule has 1 heterocycles. The number of hydrogen-bond acceptors (Lipinski definition) is 2. The van der Waals surface area contributed by atoms with Crippen molar-refractivity contribution in [2.75, 3.05) is 5.73 Å². The van der Waals surface area contributed by atoms with Crippen molar-refractivity contribution in [3.8, 4) is 0 Å². The van der Waals surface area contributed by atoms with Gasteiger partial charge in [-0.25, -0.2) is 4.98 Å². The lowest BCUT2D eigenvalue weighted by molar-refractivity contribution is -0.137. The fourth-order valence-electron chi connectivity index (χ4n) is 2.12. The summed E-state index contributed by atoms with van der Waals surface area (Å²) < 4.78 is 39.9. The van der Waals surface area contributed by atoms with Gasteiger partial charge in [-0.2, -0.15) is 13.2 Å². The van der Waals surface area contributed by atoms with Gasteiger partial charge in [0.05, 0.1) is 22.3 Å². The number of alkyl halides is 3. The van der Waals surface area contributed by atoms with Gasteiger partial charge in [0.1, 0.15) is 5.82 Å². The molecule has 0 unspecified atom stereocenters. The lowest BCUT2D eigenvalue weighted by Crippen LogP contribution is -2.07. The van der Waals surface area contributed by atoms with Crippen molar-refractivity contribution in [3.05, 3.63) is 23.5 Å². The summed E-state index contributed by atoms with van der Waals surface area (Å²) in [6.07, 6.45) is -3.74. The minimum absolute atomic E-state index is 0.119. The number of imidazole rings is 1. The van der Waals surface area contributed by atoms with Gasteiger partial charge in [-0.3, -0.25) is 0 Å². The Labute approximate surface area is 102 Å². The normalized spacial score (nSPS) is 12.3. The van der Waals surface area contributed by atoms with E-state index in [-0.39, 0.29) is 5.69 Å². The molecule has 2 aromatic rings. The topological polar surface area (TPSA) is 43.8 Å². The van der Waals surface area contributed by atoms with E-state index in [2.05, 4.69) is 4.98 Å². The number of nitrogens with zero attached hydrogens (tertiary/aromatic N) is 2. The van der Waals surface area contributed by atoms with Gasteiger partial charge < -0.3 is 10.3 Å². The van der Waals surface area contributed by atoms with E-state index < -0.39 is 11.7 Å². The first kappa shape index (κ1) is 12.7. The first-order valence-electron chi connectivity index (χ1n) is 5.74. The zero-order chi connectivity index (χ0) is 13.5. The third kappa shape index (κ3) is 1.91. The van der Waals surface area contributed by atoms with Crippen LogP contribution in [0.4, 0.5) is 18.9 Å². The Bertz CT molecular complexity index is 584. The third-order valence-corrected chi connectivity index (χ3v) is 2.91. The van der Waals surface area contributed by atoms with Gasteiger partial charge in [0.25, 0.3) is 0 Å². The van der Waals surface area contributed by atoms with Crippen LogP contribution in [0.15, 0.2) is 12.1 Å². The van der Waals surface area contributed by atoms with Gasteiger partial charge >= 0.3 is 6.18 Å². The molecule has 6 heteroatoms. The molecule has 0 spiro atoms. The zero-order valence-electron chi connectivity index (χ0n) is 10.2. The van der Waals surface area contributed by atoms with Crippen molar-refractivity contribution in [1.82, 2.24) is 9.55 Å². The second-order valence-corrected chi connectivity index (χ2v) is 4.06. The molecule has 1 aromatic heterocycles. The summed E-state index contributed by atoms with van der Waals surface area (Å²) in [5, 5.41) is 0. The number of aryl methyl sites for hydroxylation is 2.